The van der Waals surface area contributed by atoms with Crippen LogP contribution >= 0.6 is 11.6 Å². The van der Waals surface area contributed by atoms with Crippen molar-refractivity contribution in [2.24, 2.45) is 0 Å². The Hall–Kier alpha value is -2.63. The number of esters is 1. The van der Waals surface area contributed by atoms with Crippen LogP contribution in [0.15, 0.2) is 53.4 Å². The Bertz CT molecular complexity index is 1060. The highest BCUT2D eigenvalue weighted by molar-refractivity contribution is 7.89. The van der Waals surface area contributed by atoms with Crippen LogP contribution in [0.4, 0.5) is 13.2 Å². The molecule has 0 saturated heterocycles. The molecule has 1 amide bonds. The highest BCUT2D eigenvalue weighted by Crippen LogP contribution is 2.33. The van der Waals surface area contributed by atoms with Crippen molar-refractivity contribution in [1.29, 1.82) is 0 Å². The van der Waals surface area contributed by atoms with Crippen LogP contribution in [-0.2, 0) is 37.1 Å². The van der Waals surface area contributed by atoms with Gasteiger partial charge in [0.15, 0.2) is 6.61 Å². The summed E-state index contributed by atoms with van der Waals surface area (Å²) in [6, 6.07) is 10.9. The predicted molar refractivity (Wildman–Crippen MR) is 110 cm³/mol. The van der Waals surface area contributed by atoms with Crippen LogP contribution in [0.25, 0.3) is 0 Å². The lowest BCUT2D eigenvalue weighted by atomic mass is 10.2. The molecule has 32 heavy (non-hydrogen) atoms. The van der Waals surface area contributed by atoms with Crippen molar-refractivity contribution in [3.63, 3.8) is 0 Å². The number of halogens is 4. The van der Waals surface area contributed by atoms with Crippen molar-refractivity contribution in [2.45, 2.75) is 24.5 Å². The zero-order valence-electron chi connectivity index (χ0n) is 16.9. The Balaban J connectivity index is 1.94. The third-order valence-corrected chi connectivity index (χ3v) is 6.14. The molecule has 2 aromatic carbocycles. The van der Waals surface area contributed by atoms with Gasteiger partial charge in [-0.15, -0.1) is 0 Å². The largest absolute Gasteiger partial charge is 0.455 e. The van der Waals surface area contributed by atoms with Gasteiger partial charge in [0.25, 0.3) is 5.91 Å². The Kier molecular flexibility index (Phi) is 8.65. The molecule has 0 spiro atoms. The second-order valence-electron chi connectivity index (χ2n) is 6.52. The van der Waals surface area contributed by atoms with E-state index in [-0.39, 0.29) is 0 Å². The second-order valence-corrected chi connectivity index (χ2v) is 8.66. The van der Waals surface area contributed by atoms with Crippen molar-refractivity contribution < 1.29 is 35.9 Å². The summed E-state index contributed by atoms with van der Waals surface area (Å²) in [6.45, 7) is 0.883. The number of rotatable bonds is 9. The van der Waals surface area contributed by atoms with Crippen molar-refractivity contribution in [3.8, 4) is 0 Å². The standard InChI is InChI=1S/C20H20ClF3N2O5S/c1-2-26(12-14-6-4-3-5-7-14)18(27)13-31-19(28)11-25-32(29,30)17-10-15(20(22,23)24)8-9-16(17)21/h3-10,25H,2,11-13H2,1H3. The summed E-state index contributed by atoms with van der Waals surface area (Å²) in [5, 5.41) is -0.450. The SMILES string of the molecule is CCN(Cc1ccccc1)C(=O)COC(=O)CNS(=O)(=O)c1cc(C(F)(F)F)ccc1Cl. The van der Waals surface area contributed by atoms with Crippen LogP contribution in [0.2, 0.25) is 5.02 Å². The number of benzene rings is 2. The molecule has 0 unspecified atom stereocenters. The van der Waals surface area contributed by atoms with Crippen LogP contribution in [0.5, 0.6) is 0 Å². The molecule has 0 bridgehead atoms. The fourth-order valence-electron chi connectivity index (χ4n) is 2.58. The van der Waals surface area contributed by atoms with Gasteiger partial charge in [-0.2, -0.15) is 17.9 Å². The van der Waals surface area contributed by atoms with E-state index >= 15 is 0 Å². The highest BCUT2D eigenvalue weighted by Gasteiger charge is 2.33. The molecule has 7 nitrogen and oxygen atoms in total. The quantitative estimate of drug-likeness (QED) is 0.543. The van der Waals surface area contributed by atoms with Gasteiger partial charge in [0.2, 0.25) is 10.0 Å². The Morgan fingerprint density at radius 3 is 2.38 bits per heavy atom. The van der Waals surface area contributed by atoms with Crippen LogP contribution in [-0.4, -0.2) is 44.9 Å². The van der Waals surface area contributed by atoms with Crippen molar-refractivity contribution in [3.05, 3.63) is 64.7 Å². The normalized spacial score (nSPS) is 11.8. The molecule has 0 fully saturated rings. The number of hydrogen-bond acceptors (Lipinski definition) is 5. The van der Waals surface area contributed by atoms with Crippen LogP contribution in [0.3, 0.4) is 0 Å². The molecule has 0 saturated carbocycles. The average Bonchev–Trinajstić information content (AvgIpc) is 2.74. The zero-order chi connectivity index (χ0) is 23.9. The molecule has 2 rings (SSSR count). The van der Waals surface area contributed by atoms with E-state index in [4.69, 9.17) is 16.3 Å². The molecular weight excluding hydrogens is 473 g/mol. The number of likely N-dealkylation sites (N-methyl/N-ethyl adjacent to an activating group) is 1. The summed E-state index contributed by atoms with van der Waals surface area (Å²) in [6.07, 6.45) is -4.78. The van der Waals surface area contributed by atoms with Gasteiger partial charge < -0.3 is 9.64 Å². The molecule has 2 aromatic rings. The number of amides is 1. The number of carbonyl (C=O) groups excluding carboxylic acids is 2. The number of nitrogens with zero attached hydrogens (tertiary/aromatic N) is 1. The average molecular weight is 493 g/mol. The smallest absolute Gasteiger partial charge is 0.416 e. The summed E-state index contributed by atoms with van der Waals surface area (Å²) >= 11 is 5.71. The number of carbonyl (C=O) groups is 2. The van der Waals surface area contributed by atoms with Gasteiger partial charge >= 0.3 is 12.1 Å². The lowest BCUT2D eigenvalue weighted by Crippen LogP contribution is -2.36. The minimum Gasteiger partial charge on any atom is -0.455 e. The van der Waals surface area contributed by atoms with Crippen molar-refractivity contribution >= 4 is 33.5 Å². The molecule has 174 valence electrons. The number of alkyl halides is 3. The van der Waals surface area contributed by atoms with E-state index in [1.165, 1.54) is 4.90 Å². The summed E-state index contributed by atoms with van der Waals surface area (Å²) in [4.78, 5) is 24.7. The summed E-state index contributed by atoms with van der Waals surface area (Å²) in [5.74, 6) is -1.57. The number of nitrogens with one attached hydrogen (secondary N) is 1. The van der Waals surface area contributed by atoms with Gasteiger partial charge in [-0.05, 0) is 30.7 Å². The van der Waals surface area contributed by atoms with Crippen LogP contribution in [0.1, 0.15) is 18.1 Å². The topological polar surface area (TPSA) is 92.8 Å². The first-order valence-corrected chi connectivity index (χ1v) is 11.1. The lowest BCUT2D eigenvalue weighted by molar-refractivity contribution is -0.151. The fraction of sp³-hybridized carbons (Fsp3) is 0.300. The third kappa shape index (κ3) is 7.21. The predicted octanol–water partition coefficient (Wildman–Crippen LogP) is 3.23. The monoisotopic (exact) mass is 492 g/mol. The molecule has 1 N–H and O–H groups in total. The number of ether oxygens (including phenoxy) is 1. The first kappa shape index (κ1) is 25.6. The maximum absolute atomic E-state index is 12.8. The van der Waals surface area contributed by atoms with E-state index in [0.29, 0.717) is 25.2 Å². The minimum absolute atomic E-state index is 0.300. The Morgan fingerprint density at radius 2 is 1.78 bits per heavy atom. The zero-order valence-corrected chi connectivity index (χ0v) is 18.4. The summed E-state index contributed by atoms with van der Waals surface area (Å²) in [5.41, 5.74) is -0.340. The second kappa shape index (κ2) is 10.8. The van der Waals surface area contributed by atoms with Crippen molar-refractivity contribution in [2.75, 3.05) is 19.7 Å². The Labute approximate surface area is 188 Å². The minimum atomic E-state index is -4.78. The van der Waals surface area contributed by atoms with Gasteiger partial charge in [-0.25, -0.2) is 8.42 Å². The summed E-state index contributed by atoms with van der Waals surface area (Å²) in [7, 11) is -4.55. The van der Waals surface area contributed by atoms with E-state index in [1.54, 1.807) is 6.92 Å². The van der Waals surface area contributed by atoms with Crippen molar-refractivity contribution in [1.82, 2.24) is 9.62 Å². The van der Waals surface area contributed by atoms with E-state index in [0.717, 1.165) is 11.6 Å². The molecule has 12 heteroatoms. The van der Waals surface area contributed by atoms with E-state index in [1.807, 2.05) is 35.1 Å². The van der Waals surface area contributed by atoms with Gasteiger partial charge in [0.05, 0.1) is 10.6 Å². The highest BCUT2D eigenvalue weighted by atomic mass is 35.5. The molecule has 0 heterocycles. The molecule has 0 aliphatic rings. The maximum atomic E-state index is 12.8. The number of hydrogen-bond donors (Lipinski definition) is 1. The molecule has 0 aromatic heterocycles. The first-order valence-electron chi connectivity index (χ1n) is 9.27. The van der Waals surface area contributed by atoms with Crippen LogP contribution in [0, 0.1) is 0 Å². The van der Waals surface area contributed by atoms with E-state index in [9.17, 15) is 31.2 Å². The van der Waals surface area contributed by atoms with Gasteiger partial charge in [0, 0.05) is 13.1 Å². The first-order chi connectivity index (χ1) is 14.9. The van der Waals surface area contributed by atoms with E-state index in [2.05, 4.69) is 0 Å². The van der Waals surface area contributed by atoms with Gasteiger partial charge in [0.1, 0.15) is 11.4 Å². The molecule has 0 radical (unpaired) electrons. The van der Waals surface area contributed by atoms with Gasteiger partial charge in [-0.1, -0.05) is 41.9 Å². The molecule has 0 aliphatic heterocycles. The lowest BCUT2D eigenvalue weighted by Gasteiger charge is -2.20. The fourth-order valence-corrected chi connectivity index (χ4v) is 4.07. The molecular formula is C20H20ClF3N2O5S. The van der Waals surface area contributed by atoms with Crippen LogP contribution < -0.4 is 4.72 Å². The summed E-state index contributed by atoms with van der Waals surface area (Å²) < 4.78 is 69.7. The molecule has 0 aliphatic carbocycles. The molecule has 0 atom stereocenters. The number of sulfonamides is 1. The third-order valence-electron chi connectivity index (χ3n) is 4.26. The van der Waals surface area contributed by atoms with E-state index < -0.39 is 56.7 Å². The maximum Gasteiger partial charge on any atom is 0.416 e. The Morgan fingerprint density at radius 1 is 1.12 bits per heavy atom. The van der Waals surface area contributed by atoms with Gasteiger partial charge in [-0.3, -0.25) is 9.59 Å².